The van der Waals surface area contributed by atoms with Crippen LogP contribution in [0.1, 0.15) is 28.4 Å². The van der Waals surface area contributed by atoms with Crippen LogP contribution in [0.15, 0.2) is 91.0 Å². The van der Waals surface area contributed by atoms with Crippen molar-refractivity contribution < 1.29 is 14.3 Å². The Morgan fingerprint density at radius 2 is 1.56 bits per heavy atom. The fourth-order valence-corrected chi connectivity index (χ4v) is 3.75. The lowest BCUT2D eigenvalue weighted by molar-refractivity contribution is 0.0785. The number of ether oxygens (including phenoxy) is 2. The molecule has 0 aromatic heterocycles. The van der Waals surface area contributed by atoms with E-state index in [0.717, 1.165) is 33.4 Å². The molecule has 32 heavy (non-hydrogen) atoms. The minimum absolute atomic E-state index is 0.0386. The van der Waals surface area contributed by atoms with Gasteiger partial charge in [0.15, 0.2) is 0 Å². The second-order valence-corrected chi connectivity index (χ2v) is 7.67. The fourth-order valence-electron chi connectivity index (χ4n) is 3.75. The SMILES string of the molecule is CCOc1ccc(C(=O)N(C)Cc2ccccc2)cc1COc1cccc2ccccc12. The van der Waals surface area contributed by atoms with E-state index in [2.05, 4.69) is 12.1 Å². The van der Waals surface area contributed by atoms with E-state index >= 15 is 0 Å². The smallest absolute Gasteiger partial charge is 0.253 e. The summed E-state index contributed by atoms with van der Waals surface area (Å²) in [5.74, 6) is 1.50. The van der Waals surface area contributed by atoms with Gasteiger partial charge in [0, 0.05) is 30.1 Å². The zero-order chi connectivity index (χ0) is 22.3. The molecule has 0 bridgehead atoms. The van der Waals surface area contributed by atoms with Crippen molar-refractivity contribution in [2.75, 3.05) is 13.7 Å². The molecule has 4 heteroatoms. The highest BCUT2D eigenvalue weighted by Gasteiger charge is 2.15. The zero-order valence-electron chi connectivity index (χ0n) is 18.5. The summed E-state index contributed by atoms with van der Waals surface area (Å²) in [5, 5.41) is 2.18. The Bertz CT molecular complexity index is 1200. The Kier molecular flexibility index (Phi) is 6.71. The molecule has 162 valence electrons. The first-order chi connectivity index (χ1) is 15.7. The van der Waals surface area contributed by atoms with Gasteiger partial charge in [-0.2, -0.15) is 0 Å². The van der Waals surface area contributed by atoms with Crippen molar-refractivity contribution in [2.45, 2.75) is 20.1 Å². The van der Waals surface area contributed by atoms with Gasteiger partial charge in [-0.15, -0.1) is 0 Å². The van der Waals surface area contributed by atoms with Crippen LogP contribution < -0.4 is 9.47 Å². The van der Waals surface area contributed by atoms with Gasteiger partial charge < -0.3 is 14.4 Å². The summed E-state index contributed by atoms with van der Waals surface area (Å²) in [4.78, 5) is 14.8. The molecule has 0 heterocycles. The Morgan fingerprint density at radius 1 is 0.812 bits per heavy atom. The highest BCUT2D eigenvalue weighted by Crippen LogP contribution is 2.28. The molecule has 0 aliphatic heterocycles. The average molecular weight is 426 g/mol. The summed E-state index contributed by atoms with van der Waals surface area (Å²) in [6.07, 6.45) is 0. The maximum Gasteiger partial charge on any atom is 0.253 e. The highest BCUT2D eigenvalue weighted by molar-refractivity contribution is 5.94. The molecule has 0 fully saturated rings. The van der Waals surface area contributed by atoms with Crippen LogP contribution in [0.5, 0.6) is 11.5 Å². The van der Waals surface area contributed by atoms with Gasteiger partial charge in [-0.1, -0.05) is 66.7 Å². The number of nitrogens with zero attached hydrogens (tertiary/aromatic N) is 1. The van der Waals surface area contributed by atoms with Crippen LogP contribution >= 0.6 is 0 Å². The molecule has 0 saturated heterocycles. The first-order valence-corrected chi connectivity index (χ1v) is 10.8. The molecule has 0 aliphatic rings. The van der Waals surface area contributed by atoms with Crippen LogP contribution in [0.3, 0.4) is 0 Å². The number of amides is 1. The summed E-state index contributed by atoms with van der Waals surface area (Å²) in [6, 6.07) is 29.7. The summed E-state index contributed by atoms with van der Waals surface area (Å²) in [5.41, 5.74) is 2.55. The topological polar surface area (TPSA) is 38.8 Å². The molecule has 4 aromatic carbocycles. The largest absolute Gasteiger partial charge is 0.493 e. The molecule has 4 rings (SSSR count). The molecule has 0 unspecified atom stereocenters. The second-order valence-electron chi connectivity index (χ2n) is 7.67. The summed E-state index contributed by atoms with van der Waals surface area (Å²) >= 11 is 0. The molecule has 0 spiro atoms. The summed E-state index contributed by atoms with van der Waals surface area (Å²) in [7, 11) is 1.82. The Labute approximate surface area is 189 Å². The van der Waals surface area contributed by atoms with Crippen molar-refractivity contribution in [2.24, 2.45) is 0 Å². The van der Waals surface area contributed by atoms with Gasteiger partial charge in [-0.25, -0.2) is 0 Å². The van der Waals surface area contributed by atoms with E-state index in [-0.39, 0.29) is 5.91 Å². The maximum absolute atomic E-state index is 13.1. The van der Waals surface area contributed by atoms with Crippen LogP contribution in [0.25, 0.3) is 10.8 Å². The lowest BCUT2D eigenvalue weighted by Crippen LogP contribution is -2.26. The Morgan fingerprint density at radius 3 is 2.38 bits per heavy atom. The number of carbonyl (C=O) groups excluding carboxylic acids is 1. The Balaban J connectivity index is 1.55. The van der Waals surface area contributed by atoms with Crippen LogP contribution in [-0.2, 0) is 13.2 Å². The predicted octanol–water partition coefficient (Wildman–Crippen LogP) is 6.09. The van der Waals surface area contributed by atoms with Gasteiger partial charge in [0.25, 0.3) is 5.91 Å². The molecule has 0 radical (unpaired) electrons. The van der Waals surface area contributed by atoms with Crippen molar-refractivity contribution in [3.8, 4) is 11.5 Å². The molecular formula is C28H27NO3. The van der Waals surface area contributed by atoms with Crippen LogP contribution in [0, 0.1) is 0 Å². The minimum Gasteiger partial charge on any atom is -0.493 e. The van der Waals surface area contributed by atoms with Crippen molar-refractivity contribution in [3.63, 3.8) is 0 Å². The third kappa shape index (κ3) is 4.92. The first-order valence-electron chi connectivity index (χ1n) is 10.8. The van der Waals surface area contributed by atoms with Gasteiger partial charge in [0.05, 0.1) is 6.61 Å². The van der Waals surface area contributed by atoms with E-state index in [1.807, 2.05) is 92.8 Å². The van der Waals surface area contributed by atoms with Crippen LogP contribution in [0.2, 0.25) is 0 Å². The number of benzene rings is 4. The molecule has 1 amide bonds. The second kappa shape index (κ2) is 10.0. The number of hydrogen-bond donors (Lipinski definition) is 0. The van der Waals surface area contributed by atoms with E-state index in [0.29, 0.717) is 25.3 Å². The van der Waals surface area contributed by atoms with Gasteiger partial charge in [0.2, 0.25) is 0 Å². The van der Waals surface area contributed by atoms with E-state index in [1.165, 1.54) is 0 Å². The average Bonchev–Trinajstić information content (AvgIpc) is 2.83. The van der Waals surface area contributed by atoms with Crippen LogP contribution in [0.4, 0.5) is 0 Å². The van der Waals surface area contributed by atoms with Crippen LogP contribution in [-0.4, -0.2) is 24.5 Å². The number of carbonyl (C=O) groups is 1. The van der Waals surface area contributed by atoms with Crippen molar-refractivity contribution >= 4 is 16.7 Å². The molecule has 0 atom stereocenters. The van der Waals surface area contributed by atoms with Gasteiger partial charge >= 0.3 is 0 Å². The quantitative estimate of drug-likeness (QED) is 0.343. The molecule has 0 N–H and O–H groups in total. The monoisotopic (exact) mass is 425 g/mol. The number of hydrogen-bond acceptors (Lipinski definition) is 3. The van der Waals surface area contributed by atoms with E-state index < -0.39 is 0 Å². The van der Waals surface area contributed by atoms with Gasteiger partial charge in [0.1, 0.15) is 18.1 Å². The first kappa shape index (κ1) is 21.4. The standard InChI is InChI=1S/C28H27NO3/c1-3-31-26-17-16-23(28(30)29(2)19-21-10-5-4-6-11-21)18-24(26)20-32-27-15-9-13-22-12-7-8-14-25(22)27/h4-18H,3,19-20H2,1-2H3. The zero-order valence-corrected chi connectivity index (χ0v) is 18.5. The van der Waals surface area contributed by atoms with E-state index in [4.69, 9.17) is 9.47 Å². The molecular weight excluding hydrogens is 398 g/mol. The Hall–Kier alpha value is -3.79. The maximum atomic E-state index is 13.1. The number of fused-ring (bicyclic) bond motifs is 1. The fraction of sp³-hybridized carbons (Fsp3) is 0.179. The lowest BCUT2D eigenvalue weighted by Gasteiger charge is -2.19. The predicted molar refractivity (Wildman–Crippen MR) is 128 cm³/mol. The molecule has 4 aromatic rings. The van der Waals surface area contributed by atoms with E-state index in [9.17, 15) is 4.79 Å². The van der Waals surface area contributed by atoms with Gasteiger partial charge in [-0.05, 0) is 42.1 Å². The van der Waals surface area contributed by atoms with Crippen molar-refractivity contribution in [1.82, 2.24) is 4.90 Å². The molecule has 0 aliphatic carbocycles. The summed E-state index contributed by atoms with van der Waals surface area (Å²) < 4.78 is 12.0. The lowest BCUT2D eigenvalue weighted by atomic mass is 10.1. The highest BCUT2D eigenvalue weighted by atomic mass is 16.5. The normalized spacial score (nSPS) is 10.7. The van der Waals surface area contributed by atoms with Crippen molar-refractivity contribution in [1.29, 1.82) is 0 Å². The molecule has 4 nitrogen and oxygen atoms in total. The van der Waals surface area contributed by atoms with E-state index in [1.54, 1.807) is 4.90 Å². The summed E-state index contributed by atoms with van der Waals surface area (Å²) in [6.45, 7) is 3.35. The van der Waals surface area contributed by atoms with Gasteiger partial charge in [-0.3, -0.25) is 4.79 Å². The van der Waals surface area contributed by atoms with Crippen molar-refractivity contribution in [3.05, 3.63) is 108 Å². The minimum atomic E-state index is -0.0386. The molecule has 0 saturated carbocycles. The third-order valence-electron chi connectivity index (χ3n) is 5.35. The third-order valence-corrected chi connectivity index (χ3v) is 5.35. The number of rotatable bonds is 8.